The van der Waals surface area contributed by atoms with Gasteiger partial charge in [0.15, 0.2) is 0 Å². The zero-order valence-electron chi connectivity index (χ0n) is 11.8. The summed E-state index contributed by atoms with van der Waals surface area (Å²) >= 11 is 0. The molecule has 0 bridgehead atoms. The van der Waals surface area contributed by atoms with E-state index in [1.807, 2.05) is 18.2 Å². The number of aliphatic hydroxyl groups excluding tert-OH is 1. The molecule has 0 aromatic heterocycles. The van der Waals surface area contributed by atoms with Crippen molar-refractivity contribution in [1.29, 1.82) is 0 Å². The number of carbonyl (C=O) groups excluding carboxylic acids is 1. The van der Waals surface area contributed by atoms with Crippen LogP contribution < -0.4 is 5.32 Å². The van der Waals surface area contributed by atoms with Gasteiger partial charge in [-0.05, 0) is 36.6 Å². The molecule has 104 valence electrons. The number of aliphatic hydroxyl groups is 1. The fourth-order valence-electron chi connectivity index (χ4n) is 2.02. The zero-order valence-corrected chi connectivity index (χ0v) is 11.8. The number of carbonyl (C=O) groups is 1. The number of aryl methyl sites for hydroxylation is 1. The van der Waals surface area contributed by atoms with Gasteiger partial charge in [0.05, 0.1) is 0 Å². The lowest BCUT2D eigenvalue weighted by atomic mass is 10.0. The van der Waals surface area contributed by atoms with Crippen molar-refractivity contribution in [3.63, 3.8) is 0 Å². The molecule has 2 rings (SSSR count). The minimum absolute atomic E-state index is 0.356. The summed E-state index contributed by atoms with van der Waals surface area (Å²) in [5, 5.41) is 11.8. The first-order valence-electron chi connectivity index (χ1n) is 6.68. The van der Waals surface area contributed by atoms with Gasteiger partial charge in [0.25, 0.3) is 0 Å². The van der Waals surface area contributed by atoms with E-state index in [1.54, 1.807) is 0 Å². The van der Waals surface area contributed by atoms with Crippen LogP contribution in [0.1, 0.15) is 18.1 Å². The molecule has 1 atom stereocenters. The van der Waals surface area contributed by atoms with E-state index in [-0.39, 0.29) is 5.91 Å². The van der Waals surface area contributed by atoms with Crippen LogP contribution in [0.2, 0.25) is 0 Å². The Labute approximate surface area is 119 Å². The van der Waals surface area contributed by atoms with E-state index >= 15 is 0 Å². The molecule has 0 aliphatic rings. The van der Waals surface area contributed by atoms with Crippen molar-refractivity contribution < 1.29 is 9.90 Å². The molecule has 2 aromatic rings. The highest BCUT2D eigenvalue weighted by Gasteiger charge is 2.07. The van der Waals surface area contributed by atoms with Crippen molar-refractivity contribution in [2.45, 2.75) is 26.5 Å². The molecule has 0 fully saturated rings. The Balaban J connectivity index is 2.14. The van der Waals surface area contributed by atoms with E-state index in [2.05, 4.69) is 42.6 Å². The first-order valence-corrected chi connectivity index (χ1v) is 6.68. The van der Waals surface area contributed by atoms with Crippen molar-refractivity contribution in [3.8, 4) is 11.1 Å². The van der Waals surface area contributed by atoms with Crippen LogP contribution in [0.25, 0.3) is 11.1 Å². The van der Waals surface area contributed by atoms with Crippen molar-refractivity contribution in [3.05, 3.63) is 59.7 Å². The van der Waals surface area contributed by atoms with Crippen LogP contribution in [0.15, 0.2) is 48.5 Å². The second kappa shape index (κ2) is 6.35. The third kappa shape index (κ3) is 3.68. The molecule has 3 heteroatoms. The lowest BCUT2D eigenvalue weighted by Crippen LogP contribution is -2.31. The number of benzene rings is 2. The number of hydrogen-bond donors (Lipinski definition) is 2. The smallest absolute Gasteiger partial charge is 0.248 e. The average molecular weight is 269 g/mol. The molecular weight excluding hydrogens is 250 g/mol. The summed E-state index contributed by atoms with van der Waals surface area (Å²) in [5.74, 6) is -0.356. The lowest BCUT2D eigenvalue weighted by molar-refractivity contribution is -0.128. The summed E-state index contributed by atoms with van der Waals surface area (Å²) < 4.78 is 0. The Hall–Kier alpha value is -2.13. The highest BCUT2D eigenvalue weighted by molar-refractivity contribution is 5.80. The molecule has 0 aliphatic heterocycles. The van der Waals surface area contributed by atoms with Crippen molar-refractivity contribution in [1.82, 2.24) is 5.32 Å². The third-order valence-electron chi connectivity index (χ3n) is 3.12. The summed E-state index contributed by atoms with van der Waals surface area (Å²) in [7, 11) is 0. The number of rotatable bonds is 4. The molecule has 0 spiro atoms. The highest BCUT2D eigenvalue weighted by atomic mass is 16.3. The molecule has 1 amide bonds. The topological polar surface area (TPSA) is 49.3 Å². The van der Waals surface area contributed by atoms with Gasteiger partial charge in [0, 0.05) is 6.54 Å². The Morgan fingerprint density at radius 2 is 1.80 bits per heavy atom. The van der Waals surface area contributed by atoms with Gasteiger partial charge in [-0.3, -0.25) is 4.79 Å². The van der Waals surface area contributed by atoms with Crippen molar-refractivity contribution >= 4 is 5.91 Å². The molecule has 0 aliphatic carbocycles. The van der Waals surface area contributed by atoms with E-state index in [0.29, 0.717) is 6.54 Å². The molecule has 3 nitrogen and oxygen atoms in total. The van der Waals surface area contributed by atoms with E-state index in [4.69, 9.17) is 5.11 Å². The summed E-state index contributed by atoms with van der Waals surface area (Å²) in [6, 6.07) is 16.3. The summed E-state index contributed by atoms with van der Waals surface area (Å²) in [5.41, 5.74) is 4.51. The molecule has 0 radical (unpaired) electrons. The van der Waals surface area contributed by atoms with Gasteiger partial charge in [-0.25, -0.2) is 0 Å². The Kier molecular flexibility index (Phi) is 4.53. The lowest BCUT2D eigenvalue weighted by Gasteiger charge is -2.09. The SMILES string of the molecule is Cc1cccc(-c2cccc(CNC(=O)C(C)O)c2)c1. The minimum Gasteiger partial charge on any atom is -0.384 e. The molecule has 0 saturated carbocycles. The van der Waals surface area contributed by atoms with E-state index in [9.17, 15) is 4.79 Å². The maximum atomic E-state index is 11.4. The number of nitrogens with one attached hydrogen (secondary N) is 1. The van der Waals surface area contributed by atoms with Gasteiger partial charge in [-0.15, -0.1) is 0 Å². The number of hydrogen-bond acceptors (Lipinski definition) is 2. The molecule has 0 saturated heterocycles. The maximum absolute atomic E-state index is 11.4. The molecule has 0 heterocycles. The van der Waals surface area contributed by atoms with Crippen molar-refractivity contribution in [2.75, 3.05) is 0 Å². The highest BCUT2D eigenvalue weighted by Crippen LogP contribution is 2.21. The summed E-state index contributed by atoms with van der Waals surface area (Å²) in [6.07, 6.45) is -0.977. The largest absolute Gasteiger partial charge is 0.384 e. The van der Waals surface area contributed by atoms with Gasteiger partial charge in [-0.1, -0.05) is 48.0 Å². The predicted molar refractivity (Wildman–Crippen MR) is 80.1 cm³/mol. The van der Waals surface area contributed by atoms with Crippen LogP contribution in [0, 0.1) is 6.92 Å². The van der Waals surface area contributed by atoms with Gasteiger partial charge < -0.3 is 10.4 Å². The van der Waals surface area contributed by atoms with Crippen LogP contribution in [0.3, 0.4) is 0 Å². The molecule has 20 heavy (non-hydrogen) atoms. The van der Waals surface area contributed by atoms with Gasteiger partial charge >= 0.3 is 0 Å². The van der Waals surface area contributed by atoms with Crippen LogP contribution >= 0.6 is 0 Å². The quantitative estimate of drug-likeness (QED) is 0.896. The zero-order chi connectivity index (χ0) is 14.5. The number of amides is 1. The standard InChI is InChI=1S/C17H19NO2/c1-12-5-3-7-15(9-12)16-8-4-6-14(10-16)11-18-17(20)13(2)19/h3-10,13,19H,11H2,1-2H3,(H,18,20). The normalized spacial score (nSPS) is 11.9. The van der Waals surface area contributed by atoms with E-state index in [1.165, 1.54) is 12.5 Å². The Morgan fingerprint density at radius 1 is 1.15 bits per heavy atom. The van der Waals surface area contributed by atoms with Gasteiger partial charge in [0.2, 0.25) is 5.91 Å². The van der Waals surface area contributed by atoms with Crippen LogP contribution in [-0.2, 0) is 11.3 Å². The molecule has 2 N–H and O–H groups in total. The molecule has 1 unspecified atom stereocenters. The van der Waals surface area contributed by atoms with E-state index in [0.717, 1.165) is 16.7 Å². The third-order valence-corrected chi connectivity index (χ3v) is 3.12. The minimum atomic E-state index is -0.977. The fraction of sp³-hybridized carbons (Fsp3) is 0.235. The Bertz CT molecular complexity index is 605. The van der Waals surface area contributed by atoms with Crippen LogP contribution in [0.4, 0.5) is 0 Å². The first kappa shape index (κ1) is 14.3. The van der Waals surface area contributed by atoms with Crippen molar-refractivity contribution in [2.24, 2.45) is 0 Å². The van der Waals surface area contributed by atoms with Crippen LogP contribution in [0.5, 0.6) is 0 Å². The Morgan fingerprint density at radius 3 is 2.45 bits per heavy atom. The summed E-state index contributed by atoms with van der Waals surface area (Å²) in [6.45, 7) is 3.94. The summed E-state index contributed by atoms with van der Waals surface area (Å²) in [4.78, 5) is 11.4. The average Bonchev–Trinajstić information content (AvgIpc) is 2.45. The van der Waals surface area contributed by atoms with E-state index < -0.39 is 6.10 Å². The van der Waals surface area contributed by atoms with Crippen LogP contribution in [-0.4, -0.2) is 17.1 Å². The molecule has 2 aromatic carbocycles. The predicted octanol–water partition coefficient (Wildman–Crippen LogP) is 2.66. The van der Waals surface area contributed by atoms with Gasteiger partial charge in [0.1, 0.15) is 6.10 Å². The van der Waals surface area contributed by atoms with Gasteiger partial charge in [-0.2, -0.15) is 0 Å². The second-order valence-electron chi connectivity index (χ2n) is 4.96. The monoisotopic (exact) mass is 269 g/mol. The fourth-order valence-corrected chi connectivity index (χ4v) is 2.02. The maximum Gasteiger partial charge on any atom is 0.248 e. The first-order chi connectivity index (χ1) is 9.56. The molecular formula is C17H19NO2. The second-order valence-corrected chi connectivity index (χ2v) is 4.96.